The Morgan fingerprint density at radius 2 is 2.03 bits per heavy atom. The molecule has 0 bridgehead atoms. The summed E-state index contributed by atoms with van der Waals surface area (Å²) in [5.41, 5.74) is 0.984. The van der Waals surface area contributed by atoms with Gasteiger partial charge < -0.3 is 19.2 Å². The molecular weight excluding hydrogens is 382 g/mol. The van der Waals surface area contributed by atoms with Crippen molar-refractivity contribution in [1.82, 2.24) is 10.2 Å². The standard InChI is InChI=1S/C23H29N3O4/c1-17(2)23(18-7-8-20-21(14-18)30-13-5-12-29-20)25-22(27)16-26(10-4-9-24)15-19-6-3-11-28-19/h3,6-8,11,14,17,23H,4-5,10,12-13,15-16H2,1-2H3,(H,25,27). The number of nitrogens with one attached hydrogen (secondary N) is 1. The van der Waals surface area contributed by atoms with E-state index < -0.39 is 0 Å². The highest BCUT2D eigenvalue weighted by Gasteiger charge is 2.22. The zero-order chi connectivity index (χ0) is 21.3. The second-order valence-electron chi connectivity index (χ2n) is 7.74. The van der Waals surface area contributed by atoms with Crippen molar-refractivity contribution >= 4 is 5.91 Å². The molecule has 3 rings (SSSR count). The molecule has 1 atom stereocenters. The smallest absolute Gasteiger partial charge is 0.234 e. The molecule has 1 N–H and O–H groups in total. The zero-order valence-electron chi connectivity index (χ0n) is 17.6. The summed E-state index contributed by atoms with van der Waals surface area (Å²) in [6.07, 6.45) is 2.81. The van der Waals surface area contributed by atoms with Crippen LogP contribution in [0.5, 0.6) is 11.5 Å². The quantitative estimate of drug-likeness (QED) is 0.677. The largest absolute Gasteiger partial charge is 0.490 e. The molecule has 2 heterocycles. The van der Waals surface area contributed by atoms with Gasteiger partial charge in [-0.1, -0.05) is 19.9 Å². The van der Waals surface area contributed by atoms with Gasteiger partial charge in [-0.3, -0.25) is 9.69 Å². The number of furan rings is 1. The van der Waals surface area contributed by atoms with E-state index in [1.54, 1.807) is 6.26 Å². The molecule has 1 aliphatic rings. The first-order valence-electron chi connectivity index (χ1n) is 10.4. The Hall–Kier alpha value is -2.98. The van der Waals surface area contributed by atoms with Gasteiger partial charge in [0.2, 0.25) is 5.91 Å². The number of benzene rings is 1. The maximum atomic E-state index is 12.9. The van der Waals surface area contributed by atoms with Crippen LogP contribution in [0, 0.1) is 17.2 Å². The topological polar surface area (TPSA) is 87.7 Å². The highest BCUT2D eigenvalue weighted by molar-refractivity contribution is 5.78. The van der Waals surface area contributed by atoms with Crippen LogP contribution in [-0.4, -0.2) is 37.1 Å². The number of rotatable bonds is 9. The molecule has 2 aromatic rings. The van der Waals surface area contributed by atoms with Crippen LogP contribution in [0.2, 0.25) is 0 Å². The molecule has 1 aliphatic heterocycles. The summed E-state index contributed by atoms with van der Waals surface area (Å²) in [5.74, 6) is 2.33. The molecule has 1 aromatic carbocycles. The molecule has 30 heavy (non-hydrogen) atoms. The Labute approximate surface area is 177 Å². The minimum atomic E-state index is -0.156. The third-order valence-electron chi connectivity index (χ3n) is 4.98. The summed E-state index contributed by atoms with van der Waals surface area (Å²) in [4.78, 5) is 14.8. The molecule has 0 saturated heterocycles. The lowest BCUT2D eigenvalue weighted by Gasteiger charge is -2.26. The first-order chi connectivity index (χ1) is 14.6. The summed E-state index contributed by atoms with van der Waals surface area (Å²) in [5, 5.41) is 12.1. The van der Waals surface area contributed by atoms with E-state index in [1.165, 1.54) is 0 Å². The van der Waals surface area contributed by atoms with Gasteiger partial charge in [-0.25, -0.2) is 0 Å². The van der Waals surface area contributed by atoms with Gasteiger partial charge in [0.25, 0.3) is 0 Å². The van der Waals surface area contributed by atoms with Gasteiger partial charge in [0, 0.05) is 19.4 Å². The normalized spacial score (nSPS) is 14.2. The van der Waals surface area contributed by atoms with Crippen LogP contribution >= 0.6 is 0 Å². The fourth-order valence-electron chi connectivity index (χ4n) is 3.48. The Kier molecular flexibility index (Phi) is 7.75. The molecule has 0 radical (unpaired) electrons. The van der Waals surface area contributed by atoms with Crippen LogP contribution in [0.15, 0.2) is 41.0 Å². The average Bonchev–Trinajstić information content (AvgIpc) is 3.12. The van der Waals surface area contributed by atoms with Crippen molar-refractivity contribution in [3.8, 4) is 17.6 Å². The third kappa shape index (κ3) is 6.01. The number of carbonyl (C=O) groups is 1. The molecule has 1 aromatic heterocycles. The fraction of sp³-hybridized carbons (Fsp3) is 0.478. The lowest BCUT2D eigenvalue weighted by atomic mass is 9.95. The van der Waals surface area contributed by atoms with Crippen LogP contribution in [0.3, 0.4) is 0 Å². The number of amides is 1. The van der Waals surface area contributed by atoms with E-state index in [2.05, 4.69) is 25.2 Å². The number of ether oxygens (including phenoxy) is 2. The highest BCUT2D eigenvalue weighted by Crippen LogP contribution is 2.34. The summed E-state index contributed by atoms with van der Waals surface area (Å²) < 4.78 is 16.9. The average molecular weight is 412 g/mol. The number of nitrogens with zero attached hydrogens (tertiary/aromatic N) is 2. The number of nitriles is 1. The number of hydrogen-bond acceptors (Lipinski definition) is 6. The minimum Gasteiger partial charge on any atom is -0.490 e. The van der Waals surface area contributed by atoms with Crippen LogP contribution in [0.1, 0.15) is 44.1 Å². The molecule has 0 saturated carbocycles. The molecule has 7 nitrogen and oxygen atoms in total. The highest BCUT2D eigenvalue weighted by atomic mass is 16.5. The lowest BCUT2D eigenvalue weighted by molar-refractivity contribution is -0.123. The molecule has 0 fully saturated rings. The molecule has 7 heteroatoms. The van der Waals surface area contributed by atoms with Crippen LogP contribution < -0.4 is 14.8 Å². The van der Waals surface area contributed by atoms with E-state index >= 15 is 0 Å². The lowest BCUT2D eigenvalue weighted by Crippen LogP contribution is -2.40. The Morgan fingerprint density at radius 1 is 1.23 bits per heavy atom. The molecule has 0 spiro atoms. The molecule has 1 amide bonds. The number of fused-ring (bicyclic) bond motifs is 1. The Bertz CT molecular complexity index is 858. The molecular formula is C23H29N3O4. The second kappa shape index (κ2) is 10.7. The van der Waals surface area contributed by atoms with Gasteiger partial charge in [-0.15, -0.1) is 0 Å². The summed E-state index contributed by atoms with van der Waals surface area (Å²) in [6, 6.07) is 11.5. The van der Waals surface area contributed by atoms with Crippen LogP contribution in [-0.2, 0) is 11.3 Å². The van der Waals surface area contributed by atoms with E-state index in [0.29, 0.717) is 32.7 Å². The molecule has 1 unspecified atom stereocenters. The van der Waals surface area contributed by atoms with Crippen molar-refractivity contribution < 1.29 is 18.7 Å². The first-order valence-corrected chi connectivity index (χ1v) is 10.4. The van der Waals surface area contributed by atoms with Crippen molar-refractivity contribution in [2.45, 2.75) is 39.3 Å². The van der Waals surface area contributed by atoms with Gasteiger partial charge in [0.1, 0.15) is 5.76 Å². The fourth-order valence-corrected chi connectivity index (χ4v) is 3.48. The van der Waals surface area contributed by atoms with Crippen molar-refractivity contribution in [2.24, 2.45) is 5.92 Å². The monoisotopic (exact) mass is 411 g/mol. The van der Waals surface area contributed by atoms with Crippen LogP contribution in [0.4, 0.5) is 0 Å². The van der Waals surface area contributed by atoms with E-state index in [9.17, 15) is 4.79 Å². The van der Waals surface area contributed by atoms with Crippen molar-refractivity contribution in [1.29, 1.82) is 5.26 Å². The van der Waals surface area contributed by atoms with Gasteiger partial charge >= 0.3 is 0 Å². The predicted octanol–water partition coefficient (Wildman–Crippen LogP) is 3.67. The van der Waals surface area contributed by atoms with E-state index in [4.69, 9.17) is 19.2 Å². The first kappa shape index (κ1) is 21.7. The second-order valence-corrected chi connectivity index (χ2v) is 7.74. The van der Waals surface area contributed by atoms with E-state index in [1.807, 2.05) is 35.2 Å². The number of carbonyl (C=O) groups excluding carboxylic acids is 1. The van der Waals surface area contributed by atoms with Gasteiger partial charge in [0.15, 0.2) is 11.5 Å². The molecule has 0 aliphatic carbocycles. The SMILES string of the molecule is CC(C)C(NC(=O)CN(CCC#N)Cc1ccco1)c1ccc2c(c1)OCCCO2. The minimum absolute atomic E-state index is 0.0923. The zero-order valence-corrected chi connectivity index (χ0v) is 17.6. The van der Waals surface area contributed by atoms with E-state index in [0.717, 1.165) is 29.2 Å². The maximum Gasteiger partial charge on any atom is 0.234 e. The van der Waals surface area contributed by atoms with Crippen molar-refractivity contribution in [3.05, 3.63) is 47.9 Å². The summed E-state index contributed by atoms with van der Waals surface area (Å²) in [7, 11) is 0. The number of hydrogen-bond donors (Lipinski definition) is 1. The van der Waals surface area contributed by atoms with Crippen molar-refractivity contribution in [2.75, 3.05) is 26.3 Å². The van der Waals surface area contributed by atoms with Gasteiger partial charge in [-0.05, 0) is 35.7 Å². The maximum absolute atomic E-state index is 12.9. The van der Waals surface area contributed by atoms with Crippen LogP contribution in [0.25, 0.3) is 0 Å². The summed E-state index contributed by atoms with van der Waals surface area (Å²) >= 11 is 0. The van der Waals surface area contributed by atoms with Gasteiger partial charge in [-0.2, -0.15) is 5.26 Å². The van der Waals surface area contributed by atoms with Crippen molar-refractivity contribution in [3.63, 3.8) is 0 Å². The Morgan fingerprint density at radius 3 is 2.73 bits per heavy atom. The Balaban J connectivity index is 1.68. The third-order valence-corrected chi connectivity index (χ3v) is 4.98. The molecule has 160 valence electrons. The van der Waals surface area contributed by atoms with E-state index in [-0.39, 0.29) is 24.4 Å². The predicted molar refractivity (Wildman–Crippen MR) is 112 cm³/mol. The summed E-state index contributed by atoms with van der Waals surface area (Å²) in [6.45, 7) is 6.59. The van der Waals surface area contributed by atoms with Gasteiger partial charge in [0.05, 0.1) is 44.7 Å².